The number of fused-ring (bicyclic) bond motifs is 3. The minimum absolute atomic E-state index is 0.309. The summed E-state index contributed by atoms with van der Waals surface area (Å²) in [5, 5.41) is 3.22. The number of carbonyl (C=O) groups is 1. The molecule has 0 aliphatic carbocycles. The molecule has 0 radical (unpaired) electrons. The van der Waals surface area contributed by atoms with Crippen LogP contribution in [0.2, 0.25) is 0 Å². The second-order valence-electron chi connectivity index (χ2n) is 5.74. The third kappa shape index (κ3) is 2.55. The first kappa shape index (κ1) is 16.0. The Labute approximate surface area is 152 Å². The van der Waals surface area contributed by atoms with Crippen molar-refractivity contribution in [2.24, 2.45) is 0 Å². The van der Waals surface area contributed by atoms with Gasteiger partial charge in [0.25, 0.3) is 0 Å². The van der Waals surface area contributed by atoms with Crippen molar-refractivity contribution in [3.8, 4) is 0 Å². The molecule has 0 fully saturated rings. The zero-order chi connectivity index (χ0) is 17.6. The quantitative estimate of drug-likeness (QED) is 0.664. The standard InChI is InChI=1S/C18H16BrN3O3/c1-3-24-17(23)15-10(2)20-18-21-12-7-6-11(19)9-13(12)22(18)16(15)14-5-4-8-25-14/h4-9,16H,3H2,1-2H3,(H,20,21). The third-order valence-corrected chi connectivity index (χ3v) is 4.69. The van der Waals surface area contributed by atoms with Crippen LogP contribution in [0.3, 0.4) is 0 Å². The van der Waals surface area contributed by atoms with Gasteiger partial charge >= 0.3 is 5.97 Å². The molecule has 0 amide bonds. The Hall–Kier alpha value is -2.54. The first-order valence-corrected chi connectivity index (χ1v) is 8.75. The predicted molar refractivity (Wildman–Crippen MR) is 97.2 cm³/mol. The third-order valence-electron chi connectivity index (χ3n) is 4.19. The second kappa shape index (κ2) is 6.07. The number of aromatic nitrogens is 2. The second-order valence-corrected chi connectivity index (χ2v) is 6.66. The molecule has 128 valence electrons. The molecule has 1 aromatic carbocycles. The number of anilines is 1. The van der Waals surface area contributed by atoms with Gasteiger partial charge in [0.15, 0.2) is 0 Å². The molecule has 25 heavy (non-hydrogen) atoms. The maximum Gasteiger partial charge on any atom is 0.338 e. The highest BCUT2D eigenvalue weighted by Gasteiger charge is 2.36. The number of hydrogen-bond acceptors (Lipinski definition) is 5. The molecule has 0 saturated carbocycles. The van der Waals surface area contributed by atoms with Crippen LogP contribution in [0, 0.1) is 0 Å². The van der Waals surface area contributed by atoms with Crippen LogP contribution in [0.15, 0.2) is 56.8 Å². The average Bonchev–Trinajstić information content (AvgIpc) is 3.21. The summed E-state index contributed by atoms with van der Waals surface area (Å²) in [4.78, 5) is 17.3. The molecule has 1 atom stereocenters. The topological polar surface area (TPSA) is 69.3 Å². The maximum atomic E-state index is 12.6. The summed E-state index contributed by atoms with van der Waals surface area (Å²) in [5.41, 5.74) is 2.96. The number of ether oxygens (including phenoxy) is 1. The lowest BCUT2D eigenvalue weighted by atomic mass is 10.0. The Morgan fingerprint density at radius 3 is 3.00 bits per heavy atom. The number of nitrogens with zero attached hydrogens (tertiary/aromatic N) is 2. The fourth-order valence-corrected chi connectivity index (χ4v) is 3.52. The van der Waals surface area contributed by atoms with E-state index in [1.165, 1.54) is 0 Å². The SMILES string of the molecule is CCOC(=O)C1=C(C)Nc2nc3ccc(Br)cc3n2C1c1ccco1. The van der Waals surface area contributed by atoms with E-state index in [-0.39, 0.29) is 5.97 Å². The molecule has 0 bridgehead atoms. The monoisotopic (exact) mass is 401 g/mol. The Kier molecular flexibility index (Phi) is 3.88. The summed E-state index contributed by atoms with van der Waals surface area (Å²) in [5.74, 6) is 0.959. The van der Waals surface area contributed by atoms with Crippen molar-refractivity contribution < 1.29 is 13.9 Å². The van der Waals surface area contributed by atoms with Gasteiger partial charge in [-0.3, -0.25) is 4.57 Å². The Morgan fingerprint density at radius 2 is 2.28 bits per heavy atom. The summed E-state index contributed by atoms with van der Waals surface area (Å²) >= 11 is 3.51. The van der Waals surface area contributed by atoms with Crippen molar-refractivity contribution >= 4 is 38.9 Å². The van der Waals surface area contributed by atoms with Crippen molar-refractivity contribution in [1.29, 1.82) is 0 Å². The smallest absolute Gasteiger partial charge is 0.338 e. The van der Waals surface area contributed by atoms with Gasteiger partial charge in [-0.25, -0.2) is 9.78 Å². The zero-order valence-electron chi connectivity index (χ0n) is 13.7. The molecule has 1 aliphatic heterocycles. The minimum Gasteiger partial charge on any atom is -0.467 e. The number of halogens is 1. The number of benzene rings is 1. The van der Waals surface area contributed by atoms with Crippen molar-refractivity contribution in [2.45, 2.75) is 19.9 Å². The van der Waals surface area contributed by atoms with E-state index in [0.29, 0.717) is 29.6 Å². The molecule has 1 unspecified atom stereocenters. The highest BCUT2D eigenvalue weighted by Crippen LogP contribution is 2.40. The van der Waals surface area contributed by atoms with Crippen LogP contribution >= 0.6 is 15.9 Å². The van der Waals surface area contributed by atoms with Gasteiger partial charge in [0.05, 0.1) is 29.5 Å². The number of imidazole rings is 1. The molecule has 3 aromatic rings. The number of allylic oxidation sites excluding steroid dienone is 1. The van der Waals surface area contributed by atoms with Crippen LogP contribution in [0.5, 0.6) is 0 Å². The molecule has 6 nitrogen and oxygen atoms in total. The Balaban J connectivity index is 1.98. The molecule has 3 heterocycles. The van der Waals surface area contributed by atoms with Gasteiger partial charge in [-0.05, 0) is 44.2 Å². The molecular weight excluding hydrogens is 386 g/mol. The van der Waals surface area contributed by atoms with E-state index in [0.717, 1.165) is 15.5 Å². The summed E-state index contributed by atoms with van der Waals surface area (Å²) in [6.07, 6.45) is 1.60. The lowest BCUT2D eigenvalue weighted by molar-refractivity contribution is -0.139. The average molecular weight is 402 g/mol. The van der Waals surface area contributed by atoms with E-state index in [2.05, 4.69) is 26.2 Å². The van der Waals surface area contributed by atoms with Gasteiger partial charge in [-0.2, -0.15) is 0 Å². The number of rotatable bonds is 3. The van der Waals surface area contributed by atoms with Crippen LogP contribution in [0.25, 0.3) is 11.0 Å². The van der Waals surface area contributed by atoms with Crippen LogP contribution in [0.4, 0.5) is 5.95 Å². The lowest BCUT2D eigenvalue weighted by Crippen LogP contribution is -2.28. The molecular formula is C18H16BrN3O3. The Morgan fingerprint density at radius 1 is 1.44 bits per heavy atom. The molecule has 2 aromatic heterocycles. The summed E-state index contributed by atoms with van der Waals surface area (Å²) in [6.45, 7) is 3.95. The van der Waals surface area contributed by atoms with E-state index in [9.17, 15) is 4.79 Å². The van der Waals surface area contributed by atoms with Crippen LogP contribution in [0.1, 0.15) is 25.6 Å². The first-order valence-electron chi connectivity index (χ1n) is 7.96. The number of furan rings is 1. The molecule has 4 rings (SSSR count). The number of nitrogens with one attached hydrogen (secondary N) is 1. The number of carbonyl (C=O) groups excluding carboxylic acids is 1. The molecule has 1 N–H and O–H groups in total. The minimum atomic E-state index is -0.440. The van der Waals surface area contributed by atoms with Gasteiger partial charge in [0.1, 0.15) is 11.8 Å². The number of esters is 1. The molecule has 1 aliphatic rings. The van der Waals surface area contributed by atoms with Gasteiger partial charge in [0.2, 0.25) is 5.95 Å². The fourth-order valence-electron chi connectivity index (χ4n) is 3.17. The van der Waals surface area contributed by atoms with Gasteiger partial charge in [-0.1, -0.05) is 15.9 Å². The van der Waals surface area contributed by atoms with E-state index in [1.54, 1.807) is 13.2 Å². The maximum absolute atomic E-state index is 12.6. The summed E-state index contributed by atoms with van der Waals surface area (Å²) in [7, 11) is 0. The highest BCUT2D eigenvalue weighted by molar-refractivity contribution is 9.10. The van der Waals surface area contributed by atoms with E-state index < -0.39 is 6.04 Å². The summed E-state index contributed by atoms with van der Waals surface area (Å²) < 4.78 is 13.8. The normalized spacial score (nSPS) is 16.7. The van der Waals surface area contributed by atoms with Crippen LogP contribution < -0.4 is 5.32 Å². The van der Waals surface area contributed by atoms with Crippen molar-refractivity contribution in [1.82, 2.24) is 9.55 Å². The fraction of sp³-hybridized carbons (Fsp3) is 0.222. The molecule has 0 spiro atoms. The van der Waals surface area contributed by atoms with Crippen molar-refractivity contribution in [3.05, 3.63) is 58.1 Å². The highest BCUT2D eigenvalue weighted by atomic mass is 79.9. The van der Waals surface area contributed by atoms with Gasteiger partial charge in [-0.15, -0.1) is 0 Å². The molecule has 0 saturated heterocycles. The largest absolute Gasteiger partial charge is 0.467 e. The van der Waals surface area contributed by atoms with E-state index in [1.807, 2.05) is 41.8 Å². The molecule has 7 heteroatoms. The van der Waals surface area contributed by atoms with Gasteiger partial charge < -0.3 is 14.5 Å². The summed E-state index contributed by atoms with van der Waals surface area (Å²) in [6, 6.07) is 9.08. The van der Waals surface area contributed by atoms with Crippen LogP contribution in [-0.4, -0.2) is 22.1 Å². The zero-order valence-corrected chi connectivity index (χ0v) is 15.3. The van der Waals surface area contributed by atoms with Gasteiger partial charge in [0, 0.05) is 10.2 Å². The first-order chi connectivity index (χ1) is 12.1. The Bertz CT molecular complexity index is 989. The van der Waals surface area contributed by atoms with Crippen LogP contribution in [-0.2, 0) is 9.53 Å². The van der Waals surface area contributed by atoms with E-state index >= 15 is 0 Å². The predicted octanol–water partition coefficient (Wildman–Crippen LogP) is 4.24. The van der Waals surface area contributed by atoms with Crippen molar-refractivity contribution in [2.75, 3.05) is 11.9 Å². The lowest BCUT2D eigenvalue weighted by Gasteiger charge is -2.28. The number of hydrogen-bond donors (Lipinski definition) is 1. The van der Waals surface area contributed by atoms with E-state index in [4.69, 9.17) is 9.15 Å². The van der Waals surface area contributed by atoms with Crippen molar-refractivity contribution in [3.63, 3.8) is 0 Å².